The molecule has 0 unspecified atom stereocenters. The zero-order valence-electron chi connectivity index (χ0n) is 11.6. The molecule has 0 radical (unpaired) electrons. The predicted molar refractivity (Wildman–Crippen MR) is 76.2 cm³/mol. The van der Waals surface area contributed by atoms with E-state index in [1.54, 1.807) is 18.7 Å². The smallest absolute Gasteiger partial charge is 0.254 e. The van der Waals surface area contributed by atoms with E-state index < -0.39 is 5.60 Å². The van der Waals surface area contributed by atoms with E-state index in [0.29, 0.717) is 18.7 Å². The number of benzene rings is 1. The highest BCUT2D eigenvalue weighted by Gasteiger charge is 2.23. The summed E-state index contributed by atoms with van der Waals surface area (Å²) in [5.74, 6) is -0.0465. The van der Waals surface area contributed by atoms with E-state index in [-0.39, 0.29) is 5.91 Å². The molecule has 0 fully saturated rings. The molecule has 1 amide bonds. The number of hydrogen-bond acceptors (Lipinski definition) is 2. The van der Waals surface area contributed by atoms with Crippen molar-refractivity contribution in [1.29, 1.82) is 0 Å². The molecule has 0 bridgehead atoms. The van der Waals surface area contributed by atoms with Gasteiger partial charge in [0.1, 0.15) is 0 Å². The molecule has 4 nitrogen and oxygen atoms in total. The first-order valence-electron chi connectivity index (χ1n) is 6.50. The maximum atomic E-state index is 12.6. The van der Waals surface area contributed by atoms with E-state index in [1.165, 1.54) is 0 Å². The highest BCUT2D eigenvalue weighted by atomic mass is 16.3. The number of nitrogens with one attached hydrogen (secondary N) is 1. The topological polar surface area (TPSA) is 56.3 Å². The standard InChI is InChI=1S/C15H20N2O2/c1-4-17(10-15(2,3)19)14(18)12-6-5-7-13-11(12)8-9-16-13/h5-9,16,19H,4,10H2,1-3H3. The lowest BCUT2D eigenvalue weighted by atomic mass is 10.1. The normalized spacial score (nSPS) is 11.8. The first-order valence-corrected chi connectivity index (χ1v) is 6.50. The van der Waals surface area contributed by atoms with Gasteiger partial charge in [0.15, 0.2) is 0 Å². The molecule has 2 N–H and O–H groups in total. The van der Waals surface area contributed by atoms with Gasteiger partial charge in [-0.3, -0.25) is 4.79 Å². The number of carbonyl (C=O) groups excluding carboxylic acids is 1. The summed E-state index contributed by atoms with van der Waals surface area (Å²) in [5.41, 5.74) is 0.729. The predicted octanol–water partition coefficient (Wildman–Crippen LogP) is 2.40. The van der Waals surface area contributed by atoms with Crippen molar-refractivity contribution in [3.05, 3.63) is 36.0 Å². The molecular weight excluding hydrogens is 240 g/mol. The summed E-state index contributed by atoms with van der Waals surface area (Å²) in [7, 11) is 0. The Morgan fingerprint density at radius 3 is 2.74 bits per heavy atom. The second-order valence-electron chi connectivity index (χ2n) is 5.38. The molecule has 0 aliphatic rings. The molecule has 0 atom stereocenters. The van der Waals surface area contributed by atoms with Crippen LogP contribution in [0.25, 0.3) is 10.9 Å². The molecule has 2 rings (SSSR count). The molecule has 0 aliphatic carbocycles. The maximum Gasteiger partial charge on any atom is 0.254 e. The second-order valence-corrected chi connectivity index (χ2v) is 5.38. The van der Waals surface area contributed by atoms with Gasteiger partial charge in [0.2, 0.25) is 0 Å². The highest BCUT2D eigenvalue weighted by Crippen LogP contribution is 2.20. The van der Waals surface area contributed by atoms with Gasteiger partial charge in [0, 0.05) is 35.8 Å². The van der Waals surface area contributed by atoms with Gasteiger partial charge in [-0.05, 0) is 39.0 Å². The molecule has 0 spiro atoms. The summed E-state index contributed by atoms with van der Waals surface area (Å²) in [6.07, 6.45) is 1.83. The van der Waals surface area contributed by atoms with E-state index in [0.717, 1.165) is 10.9 Å². The van der Waals surface area contributed by atoms with E-state index in [4.69, 9.17) is 0 Å². The van der Waals surface area contributed by atoms with Crippen molar-refractivity contribution in [2.75, 3.05) is 13.1 Å². The fraction of sp³-hybridized carbons (Fsp3) is 0.400. The van der Waals surface area contributed by atoms with Gasteiger partial charge in [-0.1, -0.05) is 6.07 Å². The van der Waals surface area contributed by atoms with E-state index in [1.807, 2.05) is 37.4 Å². The fourth-order valence-electron chi connectivity index (χ4n) is 2.24. The van der Waals surface area contributed by atoms with Crippen LogP contribution in [-0.4, -0.2) is 39.6 Å². The van der Waals surface area contributed by atoms with Crippen LogP contribution in [0.1, 0.15) is 31.1 Å². The first kappa shape index (κ1) is 13.6. The highest BCUT2D eigenvalue weighted by molar-refractivity contribution is 6.06. The van der Waals surface area contributed by atoms with Gasteiger partial charge >= 0.3 is 0 Å². The van der Waals surface area contributed by atoms with Crippen LogP contribution in [0.3, 0.4) is 0 Å². The van der Waals surface area contributed by atoms with Crippen LogP contribution in [-0.2, 0) is 0 Å². The third kappa shape index (κ3) is 2.96. The van der Waals surface area contributed by atoms with Crippen molar-refractivity contribution in [3.8, 4) is 0 Å². The molecule has 0 aliphatic heterocycles. The number of aromatic nitrogens is 1. The average molecular weight is 260 g/mol. The number of nitrogens with zero attached hydrogens (tertiary/aromatic N) is 1. The third-order valence-electron chi connectivity index (χ3n) is 3.07. The molecule has 4 heteroatoms. The van der Waals surface area contributed by atoms with Crippen molar-refractivity contribution in [3.63, 3.8) is 0 Å². The summed E-state index contributed by atoms with van der Waals surface area (Å²) in [5, 5.41) is 10.8. The van der Waals surface area contributed by atoms with E-state index in [2.05, 4.69) is 4.98 Å². The van der Waals surface area contributed by atoms with Crippen LogP contribution in [0.2, 0.25) is 0 Å². The lowest BCUT2D eigenvalue weighted by Crippen LogP contribution is -2.42. The summed E-state index contributed by atoms with van der Waals surface area (Å²) in [4.78, 5) is 17.3. The number of aromatic amines is 1. The molecule has 0 saturated heterocycles. The van der Waals surface area contributed by atoms with Crippen molar-refractivity contribution in [2.45, 2.75) is 26.4 Å². The SMILES string of the molecule is CCN(CC(C)(C)O)C(=O)c1cccc2[nH]ccc12. The monoisotopic (exact) mass is 260 g/mol. The number of fused-ring (bicyclic) bond motifs is 1. The molecule has 1 heterocycles. The number of aliphatic hydroxyl groups is 1. The molecule has 0 saturated carbocycles. The Kier molecular flexibility index (Phi) is 3.62. The molecule has 102 valence electrons. The van der Waals surface area contributed by atoms with Crippen molar-refractivity contribution >= 4 is 16.8 Å². The Balaban J connectivity index is 2.34. The molecule has 19 heavy (non-hydrogen) atoms. The van der Waals surface area contributed by atoms with Gasteiger partial charge < -0.3 is 15.0 Å². The number of carbonyl (C=O) groups is 1. The number of amides is 1. The number of rotatable bonds is 4. The molecule has 2 aromatic rings. The molecular formula is C15H20N2O2. The zero-order valence-corrected chi connectivity index (χ0v) is 11.6. The third-order valence-corrected chi connectivity index (χ3v) is 3.07. The molecule has 1 aromatic heterocycles. The Labute approximate surface area is 113 Å². The van der Waals surface area contributed by atoms with Gasteiger partial charge in [0.05, 0.1) is 5.60 Å². The Bertz CT molecular complexity index is 581. The van der Waals surface area contributed by atoms with Crippen LogP contribution in [0.15, 0.2) is 30.5 Å². The summed E-state index contributed by atoms with van der Waals surface area (Å²) >= 11 is 0. The van der Waals surface area contributed by atoms with Gasteiger partial charge in [0.25, 0.3) is 5.91 Å². The minimum absolute atomic E-state index is 0.0465. The van der Waals surface area contributed by atoms with Crippen LogP contribution < -0.4 is 0 Å². The van der Waals surface area contributed by atoms with Crippen LogP contribution in [0.4, 0.5) is 0 Å². The van der Waals surface area contributed by atoms with Crippen molar-refractivity contribution < 1.29 is 9.90 Å². The Hall–Kier alpha value is -1.81. The second kappa shape index (κ2) is 5.05. The minimum atomic E-state index is -0.891. The van der Waals surface area contributed by atoms with Gasteiger partial charge in [-0.15, -0.1) is 0 Å². The number of hydrogen-bond donors (Lipinski definition) is 2. The van der Waals surface area contributed by atoms with E-state index in [9.17, 15) is 9.90 Å². The summed E-state index contributed by atoms with van der Waals surface area (Å²) < 4.78 is 0. The number of likely N-dealkylation sites (N-methyl/N-ethyl adjacent to an activating group) is 1. The zero-order chi connectivity index (χ0) is 14.0. The van der Waals surface area contributed by atoms with E-state index >= 15 is 0 Å². The first-order chi connectivity index (χ1) is 8.92. The number of H-pyrrole nitrogens is 1. The lowest BCUT2D eigenvalue weighted by Gasteiger charge is -2.28. The summed E-state index contributed by atoms with van der Waals surface area (Å²) in [6, 6.07) is 7.54. The van der Waals surface area contributed by atoms with Crippen LogP contribution in [0.5, 0.6) is 0 Å². The molecule has 1 aromatic carbocycles. The fourth-order valence-corrected chi connectivity index (χ4v) is 2.24. The lowest BCUT2D eigenvalue weighted by molar-refractivity contribution is 0.0316. The Morgan fingerprint density at radius 2 is 2.11 bits per heavy atom. The quantitative estimate of drug-likeness (QED) is 0.887. The maximum absolute atomic E-state index is 12.6. The minimum Gasteiger partial charge on any atom is -0.389 e. The van der Waals surface area contributed by atoms with Crippen LogP contribution >= 0.6 is 0 Å². The average Bonchev–Trinajstić information content (AvgIpc) is 2.81. The summed E-state index contributed by atoms with van der Waals surface area (Å²) in [6.45, 7) is 6.23. The largest absolute Gasteiger partial charge is 0.389 e. The van der Waals surface area contributed by atoms with Crippen LogP contribution in [0, 0.1) is 0 Å². The Morgan fingerprint density at radius 1 is 1.37 bits per heavy atom. The van der Waals surface area contributed by atoms with Gasteiger partial charge in [-0.2, -0.15) is 0 Å². The van der Waals surface area contributed by atoms with Crippen molar-refractivity contribution in [2.24, 2.45) is 0 Å². The van der Waals surface area contributed by atoms with Crippen molar-refractivity contribution in [1.82, 2.24) is 9.88 Å². The van der Waals surface area contributed by atoms with Gasteiger partial charge in [-0.25, -0.2) is 0 Å².